The molecule has 0 bridgehead atoms. The molecular weight excluding hydrogens is 440 g/mol. The summed E-state index contributed by atoms with van der Waals surface area (Å²) in [5, 5.41) is 2.77. The molecule has 0 radical (unpaired) electrons. The van der Waals surface area contributed by atoms with Crippen LogP contribution in [-0.2, 0) is 38.7 Å². The first-order chi connectivity index (χ1) is 16.5. The number of esters is 2. The Morgan fingerprint density at radius 1 is 0.971 bits per heavy atom. The van der Waals surface area contributed by atoms with E-state index in [2.05, 4.69) is 5.32 Å². The zero-order valence-corrected chi connectivity index (χ0v) is 18.8. The van der Waals surface area contributed by atoms with Crippen LogP contribution < -0.4 is 11.1 Å². The molecule has 0 saturated heterocycles. The molecule has 0 fully saturated rings. The fourth-order valence-electron chi connectivity index (χ4n) is 4.23. The summed E-state index contributed by atoms with van der Waals surface area (Å²) in [6.07, 6.45) is 0. The van der Waals surface area contributed by atoms with E-state index in [4.69, 9.17) is 24.7 Å². The van der Waals surface area contributed by atoms with Gasteiger partial charge in [0.1, 0.15) is 28.9 Å². The lowest BCUT2D eigenvalue weighted by molar-refractivity contribution is -0.143. The molecule has 9 heteroatoms. The van der Waals surface area contributed by atoms with Gasteiger partial charge in [-0.15, -0.1) is 0 Å². The van der Waals surface area contributed by atoms with Crippen molar-refractivity contribution in [3.63, 3.8) is 0 Å². The summed E-state index contributed by atoms with van der Waals surface area (Å²) in [6, 6.07) is 15.5. The fourth-order valence-corrected chi connectivity index (χ4v) is 4.23. The molecule has 2 heterocycles. The number of hydrogen-bond acceptors (Lipinski definition) is 8. The molecule has 1 spiro atoms. The Morgan fingerprint density at radius 2 is 1.65 bits per heavy atom. The molecule has 176 valence electrons. The van der Waals surface area contributed by atoms with Crippen molar-refractivity contribution < 1.29 is 33.3 Å². The molecule has 4 rings (SSSR count). The van der Waals surface area contributed by atoms with Crippen molar-refractivity contribution in [2.45, 2.75) is 12.3 Å². The molecule has 2 aromatic rings. The maximum Gasteiger partial charge on any atom is 0.341 e. The van der Waals surface area contributed by atoms with Crippen LogP contribution in [0.15, 0.2) is 71.6 Å². The van der Waals surface area contributed by atoms with E-state index < -0.39 is 23.3 Å². The van der Waals surface area contributed by atoms with Gasteiger partial charge in [0, 0.05) is 23.9 Å². The highest BCUT2D eigenvalue weighted by molar-refractivity contribution is 6.23. The number of rotatable bonds is 7. The second-order valence-corrected chi connectivity index (χ2v) is 7.51. The number of anilines is 1. The molecule has 1 unspecified atom stereocenters. The standard InChI is InChI=1S/C25H24N2O7/c1-3-32-22(28)18-20(15-9-5-4-6-10-15)34-21(26)19(23(29)33-14-13-31-2)25(18)16-11-7-8-12-17(16)27-24(25)30/h4-12H,3,13-14,26H2,1-2H3,(H,27,30). The second-order valence-electron chi connectivity index (χ2n) is 7.51. The van der Waals surface area contributed by atoms with Crippen LogP contribution in [-0.4, -0.2) is 44.8 Å². The van der Waals surface area contributed by atoms with Crippen LogP contribution >= 0.6 is 0 Å². The van der Waals surface area contributed by atoms with Gasteiger partial charge in [0.25, 0.3) is 0 Å². The average molecular weight is 464 g/mol. The van der Waals surface area contributed by atoms with E-state index in [1.165, 1.54) is 7.11 Å². The van der Waals surface area contributed by atoms with Gasteiger partial charge in [-0.25, -0.2) is 9.59 Å². The molecule has 0 saturated carbocycles. The van der Waals surface area contributed by atoms with Gasteiger partial charge in [-0.05, 0) is 13.0 Å². The molecular formula is C25H24N2O7. The smallest absolute Gasteiger partial charge is 0.341 e. The highest BCUT2D eigenvalue weighted by atomic mass is 16.6. The Morgan fingerprint density at radius 3 is 2.35 bits per heavy atom. The summed E-state index contributed by atoms with van der Waals surface area (Å²) in [5.74, 6) is -2.69. The van der Waals surface area contributed by atoms with Crippen molar-refractivity contribution in [2.75, 3.05) is 32.2 Å². The zero-order chi connectivity index (χ0) is 24.3. The van der Waals surface area contributed by atoms with Crippen LogP contribution in [0.4, 0.5) is 5.69 Å². The predicted molar refractivity (Wildman–Crippen MR) is 122 cm³/mol. The number of nitrogens with two attached hydrogens (primary N) is 1. The van der Waals surface area contributed by atoms with Crippen LogP contribution in [0, 0.1) is 0 Å². The van der Waals surface area contributed by atoms with Gasteiger partial charge in [-0.3, -0.25) is 4.79 Å². The molecule has 9 nitrogen and oxygen atoms in total. The first-order valence-corrected chi connectivity index (χ1v) is 10.7. The summed E-state index contributed by atoms with van der Waals surface area (Å²) in [7, 11) is 1.46. The van der Waals surface area contributed by atoms with Crippen molar-refractivity contribution in [3.8, 4) is 0 Å². The van der Waals surface area contributed by atoms with Crippen molar-refractivity contribution >= 4 is 29.3 Å². The highest BCUT2D eigenvalue weighted by Gasteiger charge is 2.62. The number of fused-ring (bicyclic) bond motifs is 2. The SMILES string of the molecule is CCOC(=O)C1=C(c2ccccc2)OC(N)=C(C(=O)OCCOC)C12C(=O)Nc1ccccc12. The third kappa shape index (κ3) is 3.60. The Kier molecular flexibility index (Phi) is 6.38. The van der Waals surface area contributed by atoms with Crippen molar-refractivity contribution in [2.24, 2.45) is 5.73 Å². The van der Waals surface area contributed by atoms with Crippen molar-refractivity contribution in [3.05, 3.63) is 82.8 Å². The molecule has 34 heavy (non-hydrogen) atoms. The van der Waals surface area contributed by atoms with Crippen LogP contribution in [0.2, 0.25) is 0 Å². The summed E-state index contributed by atoms with van der Waals surface area (Å²) in [6.45, 7) is 1.72. The molecule has 1 amide bonds. The molecule has 3 N–H and O–H groups in total. The van der Waals surface area contributed by atoms with Gasteiger partial charge < -0.3 is 30.0 Å². The summed E-state index contributed by atoms with van der Waals surface area (Å²) >= 11 is 0. The van der Waals surface area contributed by atoms with Gasteiger partial charge in [-0.2, -0.15) is 0 Å². The van der Waals surface area contributed by atoms with E-state index in [0.29, 0.717) is 16.8 Å². The molecule has 1 atom stereocenters. The van der Waals surface area contributed by atoms with E-state index in [1.54, 1.807) is 61.5 Å². The van der Waals surface area contributed by atoms with Gasteiger partial charge >= 0.3 is 11.9 Å². The highest BCUT2D eigenvalue weighted by Crippen LogP contribution is 2.53. The Labute approximate surface area is 196 Å². The molecule has 2 aromatic carbocycles. The van der Waals surface area contributed by atoms with Gasteiger partial charge in [0.05, 0.1) is 13.2 Å². The molecule has 0 aromatic heterocycles. The summed E-state index contributed by atoms with van der Waals surface area (Å²) in [5.41, 5.74) is 5.16. The van der Waals surface area contributed by atoms with Crippen LogP contribution in [0.25, 0.3) is 5.76 Å². The lowest BCUT2D eigenvalue weighted by atomic mass is 9.67. The van der Waals surface area contributed by atoms with Crippen molar-refractivity contribution in [1.29, 1.82) is 0 Å². The summed E-state index contributed by atoms with van der Waals surface area (Å²) < 4.78 is 21.5. The maximum absolute atomic E-state index is 13.8. The van der Waals surface area contributed by atoms with Crippen LogP contribution in [0.3, 0.4) is 0 Å². The quantitative estimate of drug-likeness (QED) is 0.472. The zero-order valence-electron chi connectivity index (χ0n) is 18.8. The number of hydrogen-bond donors (Lipinski definition) is 2. The molecule has 0 aliphatic carbocycles. The van der Waals surface area contributed by atoms with Gasteiger partial charge in [0.2, 0.25) is 11.8 Å². The van der Waals surface area contributed by atoms with Gasteiger partial charge in [-0.1, -0.05) is 48.5 Å². The fraction of sp³-hybridized carbons (Fsp3) is 0.240. The first kappa shape index (κ1) is 23.1. The third-order valence-electron chi connectivity index (χ3n) is 5.60. The maximum atomic E-state index is 13.8. The topological polar surface area (TPSA) is 126 Å². The third-order valence-corrected chi connectivity index (χ3v) is 5.60. The number of para-hydroxylation sites is 1. The lowest BCUT2D eigenvalue weighted by Crippen LogP contribution is -2.48. The van der Waals surface area contributed by atoms with E-state index >= 15 is 0 Å². The predicted octanol–water partition coefficient (Wildman–Crippen LogP) is 2.24. The van der Waals surface area contributed by atoms with Crippen LogP contribution in [0.5, 0.6) is 0 Å². The van der Waals surface area contributed by atoms with E-state index in [0.717, 1.165) is 0 Å². The van der Waals surface area contributed by atoms with Crippen molar-refractivity contribution in [1.82, 2.24) is 0 Å². The van der Waals surface area contributed by atoms with Gasteiger partial charge in [0.15, 0.2) is 0 Å². The second kappa shape index (κ2) is 9.40. The number of methoxy groups -OCH3 is 1. The Hall–Kier alpha value is -4.11. The average Bonchev–Trinajstić information content (AvgIpc) is 3.11. The van der Waals surface area contributed by atoms with E-state index in [9.17, 15) is 14.4 Å². The molecule has 2 aliphatic heterocycles. The number of carbonyl (C=O) groups excluding carboxylic acids is 3. The monoisotopic (exact) mass is 464 g/mol. The minimum Gasteiger partial charge on any atom is -0.462 e. The Bertz CT molecular complexity index is 1200. The van der Waals surface area contributed by atoms with E-state index in [1.807, 2.05) is 0 Å². The largest absolute Gasteiger partial charge is 0.462 e. The normalized spacial score (nSPS) is 18.9. The number of nitrogens with one attached hydrogen (secondary N) is 1. The number of benzene rings is 2. The van der Waals surface area contributed by atoms with Crippen LogP contribution in [0.1, 0.15) is 18.1 Å². The minimum absolute atomic E-state index is 0.0249. The number of carbonyl (C=O) groups is 3. The Balaban J connectivity index is 2.04. The number of amides is 1. The first-order valence-electron chi connectivity index (χ1n) is 10.7. The van der Waals surface area contributed by atoms with E-state index in [-0.39, 0.29) is 42.6 Å². The molecule has 2 aliphatic rings. The summed E-state index contributed by atoms with van der Waals surface area (Å²) in [4.78, 5) is 40.5. The number of ether oxygens (including phenoxy) is 4. The minimum atomic E-state index is -1.94. The lowest BCUT2D eigenvalue weighted by Gasteiger charge is -2.36.